The van der Waals surface area contributed by atoms with Crippen molar-refractivity contribution in [1.82, 2.24) is 45.4 Å². The van der Waals surface area contributed by atoms with Crippen molar-refractivity contribution in [2.75, 3.05) is 66.3 Å². The number of nitrogens with one attached hydrogen (secondary N) is 1. The largest absolute Gasteiger partial charge is 1.00 e. The zero-order chi connectivity index (χ0) is 81.7. The molecule has 658 valence electrons. The van der Waals surface area contributed by atoms with Crippen molar-refractivity contribution in [3.8, 4) is 0 Å². The van der Waals surface area contributed by atoms with Crippen molar-refractivity contribution < 1.29 is 192 Å². The molecule has 0 saturated heterocycles. The summed E-state index contributed by atoms with van der Waals surface area (Å²) in [5.41, 5.74) is -0.337. The third-order valence-electron chi connectivity index (χ3n) is 32.1. The van der Waals surface area contributed by atoms with Crippen LogP contribution in [0.2, 0.25) is 0 Å². The van der Waals surface area contributed by atoms with E-state index >= 15 is 0 Å². The summed E-state index contributed by atoms with van der Waals surface area (Å²) in [6, 6.07) is 0. The Hall–Kier alpha value is -2.22. The Labute approximate surface area is 797 Å². The standard InChI is InChI=1S/2C28H43N3O5.C23H37BrO3.C5H7N3O2.CH2O3.3CH4.2K.H/c2*1-5-36-25(33)23-15-31(30-29-23)16-24(32)22-9-8-20-19-7-6-18-14-26(2,34)12-13-28(18,17-35-4)21(19)10-11-27(20,22)3;1-21(26)10-11-23(14-27-3)15(12-21)4-5-16-17-6-7-19(20(25)13-24)22(17,2)9-8-18(16)23;1-2-10-5(9)4-3-6-8-7-4;2-1-4-3;;;;;;/h2*15,18-22,34H,5-14,16-17H2,1-4H3;15-19,26H,4-14H2,1-3H3;3H,2H2,1H3,(H,6,7,8);1,3H;3*1H4;;;/q;;;;;;;;2*+1;-1/p-1/t2*18-,19-,20-,21-,22+,26+,27-,28+;15-,16-,17-,18-,19+,21+,22-,23+;;;;;;;;/m000......../s1. The summed E-state index contributed by atoms with van der Waals surface area (Å²) >= 11 is 3.43. The second kappa shape index (κ2) is 44.0. The maximum Gasteiger partial charge on any atom is 1.00 e. The maximum atomic E-state index is 13.6. The Morgan fingerprint density at radius 3 is 1.08 bits per heavy atom. The fraction of sp³-hybridized carbons (Fsp3) is 0.852. The summed E-state index contributed by atoms with van der Waals surface area (Å²) in [5, 5.41) is 66.5. The number of carbonyl (C=O) groups excluding carboxylic acids is 7. The Kier molecular flexibility index (Phi) is 39.0. The molecule has 0 amide bonds. The third kappa shape index (κ3) is 21.6. The van der Waals surface area contributed by atoms with E-state index in [4.69, 9.17) is 33.7 Å². The van der Waals surface area contributed by atoms with Gasteiger partial charge in [-0.2, -0.15) is 10.3 Å². The van der Waals surface area contributed by atoms with Crippen molar-refractivity contribution in [3.05, 3.63) is 35.7 Å². The molecule has 0 radical (unpaired) electrons. The molecule has 3 aromatic rings. The van der Waals surface area contributed by atoms with Gasteiger partial charge >= 0.3 is 121 Å². The number of aliphatic hydroxyl groups is 3. The van der Waals surface area contributed by atoms with Crippen molar-refractivity contribution in [2.45, 2.75) is 288 Å². The number of aromatic nitrogens is 9. The molecule has 0 unspecified atom stereocenters. The van der Waals surface area contributed by atoms with E-state index in [1.54, 1.807) is 20.8 Å². The molecule has 12 fully saturated rings. The van der Waals surface area contributed by atoms with E-state index in [2.05, 4.69) is 82.4 Å². The SMILES string of the molecule is C.C.C.CCOC(=O)c1cn(CC(=O)[C@H]2CC[C@H]3[C@@H]4CC[C@H]5C[C@](C)(O)CC[C@]5(COC)[C@H]4CC[C@]23C)nn1.CCOC(=O)c1cn(CC(=O)[C@H]2CC[C@H]3[C@@H]4CC[C@H]5C[C@](C)(O)CC[C@]5(COC)[C@H]4CC[C@]23C)nn1.CCOC(=O)c1cn[nH]n1.COC[C@]12CC[C@@](C)(O)C[C@@H]1CC[C@H]1[C@@H]3CC[C@H](C(=O)CBr)[C@@]3(C)CC[C@@H]12.O=CO[O-].[H-].[K+].[K+]. The third-order valence-corrected chi connectivity index (χ3v) is 32.7. The molecule has 3 heterocycles. The first-order chi connectivity index (χ1) is 53.8. The Morgan fingerprint density at radius 2 is 0.797 bits per heavy atom. The van der Waals surface area contributed by atoms with Crippen LogP contribution < -0.4 is 108 Å². The first-order valence-corrected chi connectivity index (χ1v) is 43.6. The molecule has 0 bridgehead atoms. The van der Waals surface area contributed by atoms with Crippen LogP contribution >= 0.6 is 15.9 Å². The van der Waals surface area contributed by atoms with Crippen molar-refractivity contribution in [1.29, 1.82) is 0 Å². The van der Waals surface area contributed by atoms with E-state index in [0.29, 0.717) is 82.8 Å². The smallest absolute Gasteiger partial charge is 1.00 e. The van der Waals surface area contributed by atoms with Gasteiger partial charge in [0.05, 0.1) is 80.4 Å². The number of aromatic amines is 1. The summed E-state index contributed by atoms with van der Waals surface area (Å²) in [5.74, 6) is 7.00. The molecule has 12 saturated carbocycles. The molecule has 0 aromatic carbocycles. The van der Waals surface area contributed by atoms with Gasteiger partial charge in [-0.05, 0) is 318 Å². The monoisotopic (exact) mass is 1770 g/mol. The predicted molar refractivity (Wildman–Crippen MR) is 438 cm³/mol. The summed E-state index contributed by atoms with van der Waals surface area (Å²) in [4.78, 5) is 85.6. The van der Waals surface area contributed by atoms with Crippen LogP contribution in [0.25, 0.3) is 0 Å². The maximum absolute atomic E-state index is 13.6. The average molecular weight is 1770 g/mol. The molecule has 4 N–H and O–H groups in total. The Balaban J connectivity index is 0.000000289. The second-order valence-corrected chi connectivity index (χ2v) is 38.5. The number of ketones is 3. The first-order valence-electron chi connectivity index (χ1n) is 42.5. The van der Waals surface area contributed by atoms with Gasteiger partial charge in [-0.15, -0.1) is 15.3 Å². The van der Waals surface area contributed by atoms with Gasteiger partial charge in [0.1, 0.15) is 18.9 Å². The molecule has 27 nitrogen and oxygen atoms in total. The van der Waals surface area contributed by atoms with Gasteiger partial charge in [0.25, 0.3) is 6.47 Å². The summed E-state index contributed by atoms with van der Waals surface area (Å²) in [6.07, 6.45) is 33.3. The van der Waals surface area contributed by atoms with Gasteiger partial charge in [0.15, 0.2) is 28.6 Å². The number of nitrogens with zero attached hydrogens (tertiary/aromatic N) is 8. The molecule has 3 aromatic heterocycles. The minimum Gasteiger partial charge on any atom is -1.00 e. The van der Waals surface area contributed by atoms with Crippen molar-refractivity contribution in [3.63, 3.8) is 0 Å². The first kappa shape index (κ1) is 105. The van der Waals surface area contributed by atoms with E-state index in [-0.39, 0.29) is 238 Å². The van der Waals surface area contributed by atoms with Gasteiger partial charge in [-0.1, -0.05) is 69.4 Å². The number of fused-ring (bicyclic) bond motifs is 15. The molecular formula is C88H144BrK2N9O18. The van der Waals surface area contributed by atoms with Gasteiger partial charge in [0, 0.05) is 39.1 Å². The van der Waals surface area contributed by atoms with Crippen LogP contribution in [0.1, 0.15) is 291 Å². The quantitative estimate of drug-likeness (QED) is 0.0152. The van der Waals surface area contributed by atoms with E-state index < -0.39 is 34.7 Å². The minimum absolute atomic E-state index is 0. The van der Waals surface area contributed by atoms with Crippen LogP contribution in [0.5, 0.6) is 0 Å². The number of ether oxygens (including phenoxy) is 6. The van der Waals surface area contributed by atoms with E-state index in [0.717, 1.165) is 154 Å². The summed E-state index contributed by atoms with van der Waals surface area (Å²) < 4.78 is 35.2. The number of halogens is 1. The molecular weight excluding hydrogens is 1630 g/mol. The number of carbonyl (C=O) groups is 7. The molecule has 24 atom stereocenters. The van der Waals surface area contributed by atoms with Crippen LogP contribution in [0.4, 0.5) is 0 Å². The number of hydrogen-bond acceptors (Lipinski definition) is 24. The molecule has 15 rings (SSSR count). The fourth-order valence-electron chi connectivity index (χ4n) is 27.4. The molecule has 0 spiro atoms. The van der Waals surface area contributed by atoms with Gasteiger partial charge in [0.2, 0.25) is 0 Å². The summed E-state index contributed by atoms with van der Waals surface area (Å²) in [6.45, 7) is 21.9. The molecule has 0 aliphatic heterocycles. The van der Waals surface area contributed by atoms with Crippen LogP contribution in [0.15, 0.2) is 18.6 Å². The Bertz CT molecular complexity index is 3610. The summed E-state index contributed by atoms with van der Waals surface area (Å²) in [7, 11) is 5.52. The van der Waals surface area contributed by atoms with Gasteiger partial charge in [-0.3, -0.25) is 19.2 Å². The molecule has 12 aliphatic rings. The number of rotatable bonds is 21. The van der Waals surface area contributed by atoms with Crippen LogP contribution in [0.3, 0.4) is 0 Å². The normalized spacial score (nSPS) is 38.3. The van der Waals surface area contributed by atoms with E-state index in [1.807, 2.05) is 42.1 Å². The van der Waals surface area contributed by atoms with Gasteiger partial charge in [-0.25, -0.2) is 23.7 Å². The van der Waals surface area contributed by atoms with Crippen LogP contribution in [0, 0.1) is 121 Å². The zero-order valence-electron chi connectivity index (χ0n) is 72.3. The average Bonchev–Trinajstić information content (AvgIpc) is 1.70. The number of H-pyrrole nitrogens is 1. The van der Waals surface area contributed by atoms with Gasteiger partial charge < -0.3 is 55.3 Å². The van der Waals surface area contributed by atoms with E-state index in [9.17, 15) is 44.1 Å². The molecule has 12 aliphatic carbocycles. The van der Waals surface area contributed by atoms with Crippen molar-refractivity contribution >= 4 is 57.7 Å². The molecule has 30 heteroatoms. The van der Waals surface area contributed by atoms with Crippen molar-refractivity contribution in [2.24, 2.45) is 121 Å². The number of hydrogen-bond donors (Lipinski definition) is 4. The number of methoxy groups -OCH3 is 3. The second-order valence-electron chi connectivity index (χ2n) is 37.9. The topological polar surface area (TPSA) is 371 Å². The van der Waals surface area contributed by atoms with E-state index in [1.165, 1.54) is 72.9 Å². The number of esters is 3. The minimum atomic E-state index is -0.558. The number of Topliss-reactive ketones (excluding diaryl/α,β-unsaturated/α-hetero) is 3. The zero-order valence-corrected chi connectivity index (χ0v) is 79.2. The fourth-order valence-corrected chi connectivity index (χ4v) is 27.8. The predicted octanol–water partition coefficient (Wildman–Crippen LogP) is 7.55. The molecule has 118 heavy (non-hydrogen) atoms. The van der Waals surface area contributed by atoms with Crippen LogP contribution in [-0.2, 0) is 65.6 Å². The van der Waals surface area contributed by atoms with Crippen LogP contribution in [-0.4, -0.2) is 186 Å². The number of alkyl halides is 1. The Morgan fingerprint density at radius 1 is 0.483 bits per heavy atom.